The number of fused-ring (bicyclic) bond motifs is 4. The van der Waals surface area contributed by atoms with Gasteiger partial charge in [-0.15, -0.1) is 0 Å². The van der Waals surface area contributed by atoms with Gasteiger partial charge >= 0.3 is 5.63 Å². The van der Waals surface area contributed by atoms with Gasteiger partial charge in [-0.3, -0.25) is 4.79 Å². The Morgan fingerprint density at radius 2 is 1.83 bits per heavy atom. The van der Waals surface area contributed by atoms with Crippen LogP contribution in [0.2, 0.25) is 0 Å². The van der Waals surface area contributed by atoms with E-state index in [0.717, 1.165) is 10.9 Å². The SMILES string of the molecule is CC(=O)CC1c2ccccc2Oc2c1c(=O)oc1ccccc21. The van der Waals surface area contributed by atoms with E-state index in [9.17, 15) is 9.59 Å². The lowest BCUT2D eigenvalue weighted by atomic mass is 9.85. The Labute approximate surface area is 132 Å². The first kappa shape index (κ1) is 13.8. The number of rotatable bonds is 2. The molecule has 1 aromatic heterocycles. The van der Waals surface area contributed by atoms with Gasteiger partial charge in [0.15, 0.2) is 0 Å². The van der Waals surface area contributed by atoms with Crippen molar-refractivity contribution in [3.8, 4) is 11.5 Å². The van der Waals surface area contributed by atoms with E-state index in [4.69, 9.17) is 9.15 Å². The lowest BCUT2D eigenvalue weighted by Gasteiger charge is -2.27. The zero-order chi connectivity index (χ0) is 16.0. The Balaban J connectivity index is 2.05. The Kier molecular flexibility index (Phi) is 3.05. The van der Waals surface area contributed by atoms with Crippen molar-refractivity contribution in [3.63, 3.8) is 0 Å². The number of benzene rings is 2. The third-order valence-electron chi connectivity index (χ3n) is 4.15. The zero-order valence-electron chi connectivity index (χ0n) is 12.5. The molecule has 0 fully saturated rings. The van der Waals surface area contributed by atoms with Gasteiger partial charge in [0.25, 0.3) is 0 Å². The first-order chi connectivity index (χ1) is 11.1. The van der Waals surface area contributed by atoms with Crippen molar-refractivity contribution >= 4 is 16.8 Å². The summed E-state index contributed by atoms with van der Waals surface area (Å²) in [5.74, 6) is 0.863. The van der Waals surface area contributed by atoms with Crippen LogP contribution in [0.3, 0.4) is 0 Å². The second-order valence-electron chi connectivity index (χ2n) is 5.73. The first-order valence-corrected chi connectivity index (χ1v) is 7.47. The Morgan fingerprint density at radius 1 is 1.09 bits per heavy atom. The second kappa shape index (κ2) is 5.09. The molecule has 4 rings (SSSR count). The molecule has 4 nitrogen and oxygen atoms in total. The van der Waals surface area contributed by atoms with E-state index < -0.39 is 5.63 Å². The number of ketones is 1. The molecule has 0 amide bonds. The quantitative estimate of drug-likeness (QED) is 0.671. The predicted octanol–water partition coefficient (Wildman–Crippen LogP) is 4.01. The summed E-state index contributed by atoms with van der Waals surface area (Å²) in [6, 6.07) is 14.8. The fourth-order valence-corrected chi connectivity index (χ4v) is 3.17. The van der Waals surface area contributed by atoms with E-state index in [1.54, 1.807) is 6.07 Å². The van der Waals surface area contributed by atoms with Gasteiger partial charge < -0.3 is 9.15 Å². The normalized spacial score (nSPS) is 15.6. The fraction of sp³-hybridized carbons (Fsp3) is 0.158. The average Bonchev–Trinajstić information content (AvgIpc) is 2.54. The maximum Gasteiger partial charge on any atom is 0.343 e. The molecule has 1 aliphatic heterocycles. The summed E-state index contributed by atoms with van der Waals surface area (Å²) < 4.78 is 11.5. The molecule has 3 aromatic rings. The number of Topliss-reactive ketones (excluding diaryl/α,β-unsaturated/α-hetero) is 1. The molecular weight excluding hydrogens is 292 g/mol. The predicted molar refractivity (Wildman–Crippen MR) is 86.1 cm³/mol. The number of hydrogen-bond acceptors (Lipinski definition) is 4. The molecule has 0 N–H and O–H groups in total. The van der Waals surface area contributed by atoms with Gasteiger partial charge in [0.2, 0.25) is 0 Å². The number of carbonyl (C=O) groups is 1. The van der Waals surface area contributed by atoms with Crippen LogP contribution >= 0.6 is 0 Å². The number of ether oxygens (including phenoxy) is 1. The third kappa shape index (κ3) is 2.14. The minimum atomic E-state index is -0.445. The molecule has 0 saturated carbocycles. The van der Waals surface area contributed by atoms with Crippen LogP contribution in [0.15, 0.2) is 57.7 Å². The molecule has 1 unspecified atom stereocenters. The van der Waals surface area contributed by atoms with Crippen LogP contribution in [0.1, 0.15) is 30.4 Å². The van der Waals surface area contributed by atoms with Crippen LogP contribution in [0.4, 0.5) is 0 Å². The highest BCUT2D eigenvalue weighted by molar-refractivity contribution is 5.87. The van der Waals surface area contributed by atoms with E-state index in [-0.39, 0.29) is 18.1 Å². The standard InChI is InChI=1S/C19H14O4/c1-11(20)10-14-12-6-2-4-8-15(12)22-18-13-7-3-5-9-16(13)23-19(21)17(14)18/h2-9,14H,10H2,1H3. The monoisotopic (exact) mass is 306 g/mol. The van der Waals surface area contributed by atoms with E-state index >= 15 is 0 Å². The van der Waals surface area contributed by atoms with E-state index in [0.29, 0.717) is 22.6 Å². The van der Waals surface area contributed by atoms with E-state index in [1.807, 2.05) is 42.5 Å². The summed E-state index contributed by atoms with van der Waals surface area (Å²) in [4.78, 5) is 24.3. The molecule has 0 saturated heterocycles. The van der Waals surface area contributed by atoms with Crippen molar-refractivity contribution in [2.75, 3.05) is 0 Å². The fourth-order valence-electron chi connectivity index (χ4n) is 3.17. The van der Waals surface area contributed by atoms with Gasteiger partial charge in [-0.2, -0.15) is 0 Å². The largest absolute Gasteiger partial charge is 0.456 e. The van der Waals surface area contributed by atoms with Crippen molar-refractivity contribution in [2.45, 2.75) is 19.3 Å². The maximum absolute atomic E-state index is 12.5. The molecule has 23 heavy (non-hydrogen) atoms. The van der Waals surface area contributed by atoms with Crippen LogP contribution in [-0.2, 0) is 4.79 Å². The molecule has 2 heterocycles. The highest BCUT2D eigenvalue weighted by Gasteiger charge is 2.33. The van der Waals surface area contributed by atoms with Crippen LogP contribution in [-0.4, -0.2) is 5.78 Å². The van der Waals surface area contributed by atoms with Crippen molar-refractivity contribution in [1.29, 1.82) is 0 Å². The minimum Gasteiger partial charge on any atom is -0.456 e. The van der Waals surface area contributed by atoms with E-state index in [2.05, 4.69) is 0 Å². The van der Waals surface area contributed by atoms with Crippen molar-refractivity contribution in [1.82, 2.24) is 0 Å². The smallest absolute Gasteiger partial charge is 0.343 e. The molecule has 2 aromatic carbocycles. The summed E-state index contributed by atoms with van der Waals surface area (Å²) >= 11 is 0. The van der Waals surface area contributed by atoms with Crippen molar-refractivity contribution < 1.29 is 13.9 Å². The van der Waals surface area contributed by atoms with Gasteiger partial charge in [0.1, 0.15) is 22.9 Å². The molecule has 4 heteroatoms. The van der Waals surface area contributed by atoms with Gasteiger partial charge in [-0.25, -0.2) is 4.79 Å². The Bertz CT molecular complexity index is 984. The highest BCUT2D eigenvalue weighted by Crippen LogP contribution is 2.46. The molecule has 1 aliphatic rings. The van der Waals surface area contributed by atoms with Crippen LogP contribution in [0, 0.1) is 0 Å². The first-order valence-electron chi connectivity index (χ1n) is 7.47. The number of para-hydroxylation sites is 2. The van der Waals surface area contributed by atoms with Crippen molar-refractivity contribution in [3.05, 3.63) is 70.1 Å². The van der Waals surface area contributed by atoms with Crippen LogP contribution in [0.25, 0.3) is 11.0 Å². The Morgan fingerprint density at radius 3 is 2.65 bits per heavy atom. The molecule has 0 bridgehead atoms. The van der Waals surface area contributed by atoms with Crippen LogP contribution < -0.4 is 10.4 Å². The summed E-state index contributed by atoms with van der Waals surface area (Å²) in [6.45, 7) is 1.53. The molecular formula is C19H14O4. The number of hydrogen-bond donors (Lipinski definition) is 0. The Hall–Kier alpha value is -2.88. The van der Waals surface area contributed by atoms with E-state index in [1.165, 1.54) is 6.92 Å². The molecule has 1 atom stereocenters. The van der Waals surface area contributed by atoms with Crippen molar-refractivity contribution in [2.24, 2.45) is 0 Å². The molecule has 0 aliphatic carbocycles. The summed E-state index contributed by atoms with van der Waals surface area (Å²) in [5.41, 5.74) is 1.31. The van der Waals surface area contributed by atoms with Gasteiger partial charge in [-0.05, 0) is 25.1 Å². The molecule has 0 radical (unpaired) electrons. The highest BCUT2D eigenvalue weighted by atomic mass is 16.5. The summed E-state index contributed by atoms with van der Waals surface area (Å²) in [7, 11) is 0. The number of carbonyl (C=O) groups excluding carboxylic acids is 1. The summed E-state index contributed by atoms with van der Waals surface area (Å²) in [5, 5.41) is 0.741. The third-order valence-corrected chi connectivity index (χ3v) is 4.15. The van der Waals surface area contributed by atoms with Gasteiger partial charge in [0, 0.05) is 17.9 Å². The topological polar surface area (TPSA) is 56.5 Å². The average molecular weight is 306 g/mol. The second-order valence-corrected chi connectivity index (χ2v) is 5.73. The van der Waals surface area contributed by atoms with Crippen LogP contribution in [0.5, 0.6) is 11.5 Å². The maximum atomic E-state index is 12.5. The molecule has 114 valence electrons. The molecule has 0 spiro atoms. The van der Waals surface area contributed by atoms with Gasteiger partial charge in [-0.1, -0.05) is 30.3 Å². The minimum absolute atomic E-state index is 0.0187. The zero-order valence-corrected chi connectivity index (χ0v) is 12.5. The lowest BCUT2D eigenvalue weighted by molar-refractivity contribution is -0.117. The summed E-state index contributed by atoms with van der Waals surface area (Å²) in [6.07, 6.45) is 0.247. The lowest BCUT2D eigenvalue weighted by Crippen LogP contribution is -2.21. The van der Waals surface area contributed by atoms with Gasteiger partial charge in [0.05, 0.1) is 10.9 Å².